The standard InChI is InChI=1S/C20H21N5O4S/c1-2-24(11-16-12-28-17-5-3-4-6-18(17)29-16)19(27)13-30-20-21-22-23-25(20)14-7-9-15(26)10-8-14/h3-10,16,26H,2,11-13H2,1H3/t16-/m1/s1. The summed E-state index contributed by atoms with van der Waals surface area (Å²) in [5.74, 6) is 1.73. The lowest BCUT2D eigenvalue weighted by molar-refractivity contribution is -0.129. The summed E-state index contributed by atoms with van der Waals surface area (Å²) in [5, 5.41) is 21.6. The van der Waals surface area contributed by atoms with Crippen LogP contribution in [0.2, 0.25) is 0 Å². The maximum absolute atomic E-state index is 12.8. The van der Waals surface area contributed by atoms with Crippen LogP contribution in [0.4, 0.5) is 0 Å². The Labute approximate surface area is 177 Å². The van der Waals surface area contributed by atoms with E-state index in [0.29, 0.717) is 36.3 Å². The van der Waals surface area contributed by atoms with Gasteiger partial charge in [0.1, 0.15) is 12.4 Å². The number of thioether (sulfide) groups is 1. The van der Waals surface area contributed by atoms with Gasteiger partial charge in [-0.3, -0.25) is 4.79 Å². The van der Waals surface area contributed by atoms with Crippen LogP contribution in [-0.2, 0) is 4.79 Å². The van der Waals surface area contributed by atoms with Crippen molar-refractivity contribution in [2.24, 2.45) is 0 Å². The van der Waals surface area contributed by atoms with Crippen LogP contribution in [0.5, 0.6) is 17.2 Å². The van der Waals surface area contributed by atoms with Crippen molar-refractivity contribution in [3.05, 3.63) is 48.5 Å². The number of hydrogen-bond donors (Lipinski definition) is 1. The molecule has 0 saturated heterocycles. The van der Waals surface area contributed by atoms with E-state index >= 15 is 0 Å². The maximum atomic E-state index is 12.8. The van der Waals surface area contributed by atoms with E-state index in [-0.39, 0.29) is 23.5 Å². The maximum Gasteiger partial charge on any atom is 0.233 e. The number of carbonyl (C=O) groups is 1. The third-order valence-corrected chi connectivity index (χ3v) is 5.49. The molecule has 4 rings (SSSR count). The zero-order valence-corrected chi connectivity index (χ0v) is 17.2. The van der Waals surface area contributed by atoms with Crippen LogP contribution in [0, 0.1) is 0 Å². The zero-order chi connectivity index (χ0) is 20.9. The quantitative estimate of drug-likeness (QED) is 0.572. The minimum atomic E-state index is -0.226. The number of ether oxygens (including phenoxy) is 2. The first-order valence-corrected chi connectivity index (χ1v) is 10.5. The number of aromatic nitrogens is 4. The van der Waals surface area contributed by atoms with Crippen LogP contribution in [0.3, 0.4) is 0 Å². The van der Waals surface area contributed by atoms with Gasteiger partial charge < -0.3 is 19.5 Å². The summed E-state index contributed by atoms with van der Waals surface area (Å²) in [5.41, 5.74) is 0.700. The Hall–Kier alpha value is -3.27. The van der Waals surface area contributed by atoms with Crippen LogP contribution in [0.1, 0.15) is 6.92 Å². The number of phenolic OH excluding ortho intramolecular Hbond substituents is 1. The Kier molecular flexibility index (Phi) is 6.03. The fraction of sp³-hybridized carbons (Fsp3) is 0.300. The number of likely N-dealkylation sites (N-methyl/N-ethyl adjacent to an activating group) is 1. The van der Waals surface area contributed by atoms with E-state index in [1.165, 1.54) is 16.4 Å². The van der Waals surface area contributed by atoms with Gasteiger partial charge >= 0.3 is 0 Å². The van der Waals surface area contributed by atoms with Gasteiger partial charge in [-0.1, -0.05) is 23.9 Å². The Morgan fingerprint density at radius 2 is 2.00 bits per heavy atom. The van der Waals surface area contributed by atoms with Gasteiger partial charge in [0.25, 0.3) is 0 Å². The average molecular weight is 427 g/mol. The molecule has 2 heterocycles. The summed E-state index contributed by atoms with van der Waals surface area (Å²) in [7, 11) is 0. The summed E-state index contributed by atoms with van der Waals surface area (Å²) < 4.78 is 13.2. The number of aromatic hydroxyl groups is 1. The molecule has 1 amide bonds. The van der Waals surface area contributed by atoms with Crippen LogP contribution in [0.15, 0.2) is 53.7 Å². The summed E-state index contributed by atoms with van der Waals surface area (Å²) in [6.45, 7) is 3.32. The number of benzene rings is 2. The molecular weight excluding hydrogens is 406 g/mol. The van der Waals surface area contributed by atoms with Gasteiger partial charge in [-0.25, -0.2) is 0 Å². The monoisotopic (exact) mass is 427 g/mol. The number of nitrogens with zero attached hydrogens (tertiary/aromatic N) is 5. The minimum absolute atomic E-state index is 0.0368. The molecule has 0 unspecified atom stereocenters. The van der Waals surface area contributed by atoms with Crippen LogP contribution in [-0.4, -0.2) is 67.7 Å². The molecule has 0 bridgehead atoms. The lowest BCUT2D eigenvalue weighted by Gasteiger charge is -2.30. The van der Waals surface area contributed by atoms with E-state index in [1.807, 2.05) is 31.2 Å². The van der Waals surface area contributed by atoms with Crippen LogP contribution in [0.25, 0.3) is 5.69 Å². The van der Waals surface area contributed by atoms with E-state index in [1.54, 1.807) is 29.2 Å². The minimum Gasteiger partial charge on any atom is -0.508 e. The predicted octanol–water partition coefficient (Wildman–Crippen LogP) is 2.15. The number of phenols is 1. The smallest absolute Gasteiger partial charge is 0.233 e. The van der Waals surface area contributed by atoms with Gasteiger partial charge in [-0.2, -0.15) is 4.68 Å². The van der Waals surface area contributed by atoms with Crippen LogP contribution >= 0.6 is 11.8 Å². The number of carbonyl (C=O) groups excluding carboxylic acids is 1. The Morgan fingerprint density at radius 3 is 2.77 bits per heavy atom. The molecule has 2 aromatic carbocycles. The van der Waals surface area contributed by atoms with Gasteiger partial charge in [0, 0.05) is 6.54 Å². The predicted molar refractivity (Wildman–Crippen MR) is 110 cm³/mol. The van der Waals surface area contributed by atoms with Gasteiger partial charge in [0.2, 0.25) is 11.1 Å². The highest BCUT2D eigenvalue weighted by atomic mass is 32.2. The SMILES string of the molecule is CCN(C[C@@H]1COc2ccccc2O1)C(=O)CSc1nnnn1-c1ccc(O)cc1. The second-order valence-electron chi connectivity index (χ2n) is 6.61. The molecule has 1 N–H and O–H groups in total. The molecule has 1 aromatic heterocycles. The third kappa shape index (κ3) is 4.48. The number of hydrogen-bond acceptors (Lipinski definition) is 8. The normalized spacial score (nSPS) is 15.0. The molecule has 156 valence electrons. The average Bonchev–Trinajstić information content (AvgIpc) is 3.25. The Morgan fingerprint density at radius 1 is 1.23 bits per heavy atom. The molecular formula is C20H21N5O4S. The number of rotatable bonds is 7. The molecule has 1 aliphatic heterocycles. The lowest BCUT2D eigenvalue weighted by atomic mass is 10.2. The third-order valence-electron chi connectivity index (χ3n) is 4.59. The molecule has 3 aromatic rings. The Balaban J connectivity index is 1.36. The van der Waals surface area contributed by atoms with Crippen molar-refractivity contribution in [3.63, 3.8) is 0 Å². The molecule has 9 nitrogen and oxygen atoms in total. The zero-order valence-electron chi connectivity index (χ0n) is 16.3. The first-order valence-electron chi connectivity index (χ1n) is 9.51. The summed E-state index contributed by atoms with van der Waals surface area (Å²) in [6.07, 6.45) is -0.226. The van der Waals surface area contributed by atoms with Gasteiger partial charge in [0.05, 0.1) is 18.0 Å². The van der Waals surface area contributed by atoms with Gasteiger partial charge in [-0.05, 0) is 53.7 Å². The van der Waals surface area contributed by atoms with Crippen molar-refractivity contribution in [1.29, 1.82) is 0 Å². The van der Waals surface area contributed by atoms with Crippen molar-refractivity contribution in [2.75, 3.05) is 25.4 Å². The molecule has 30 heavy (non-hydrogen) atoms. The molecule has 1 atom stereocenters. The largest absolute Gasteiger partial charge is 0.508 e. The summed E-state index contributed by atoms with van der Waals surface area (Å²) in [4.78, 5) is 14.5. The number of fused-ring (bicyclic) bond motifs is 1. The highest BCUT2D eigenvalue weighted by Gasteiger charge is 2.25. The van der Waals surface area contributed by atoms with Crippen molar-refractivity contribution in [3.8, 4) is 22.9 Å². The summed E-state index contributed by atoms with van der Waals surface area (Å²) >= 11 is 1.26. The lowest BCUT2D eigenvalue weighted by Crippen LogP contribution is -2.44. The fourth-order valence-electron chi connectivity index (χ4n) is 3.05. The molecule has 0 aliphatic carbocycles. The van der Waals surface area contributed by atoms with Crippen molar-refractivity contribution in [2.45, 2.75) is 18.2 Å². The van der Waals surface area contributed by atoms with Crippen molar-refractivity contribution in [1.82, 2.24) is 25.1 Å². The molecule has 0 saturated carbocycles. The molecule has 10 heteroatoms. The summed E-state index contributed by atoms with van der Waals surface area (Å²) in [6, 6.07) is 14.0. The highest BCUT2D eigenvalue weighted by molar-refractivity contribution is 7.99. The van der Waals surface area contributed by atoms with Crippen molar-refractivity contribution >= 4 is 17.7 Å². The molecule has 0 fully saturated rings. The van der Waals surface area contributed by atoms with E-state index < -0.39 is 0 Å². The fourth-order valence-corrected chi connectivity index (χ4v) is 3.84. The van der Waals surface area contributed by atoms with Crippen LogP contribution < -0.4 is 9.47 Å². The first-order chi connectivity index (χ1) is 14.6. The Bertz CT molecular complexity index is 1010. The molecule has 0 radical (unpaired) electrons. The van der Waals surface area contributed by atoms with E-state index in [0.717, 1.165) is 5.75 Å². The van der Waals surface area contributed by atoms with Gasteiger partial charge in [-0.15, -0.1) is 5.10 Å². The number of para-hydroxylation sites is 2. The first kappa shape index (κ1) is 20.0. The van der Waals surface area contributed by atoms with E-state index in [9.17, 15) is 9.90 Å². The number of amides is 1. The second-order valence-corrected chi connectivity index (χ2v) is 7.55. The van der Waals surface area contributed by atoms with E-state index in [2.05, 4.69) is 15.5 Å². The molecule has 0 spiro atoms. The molecule has 1 aliphatic rings. The second kappa shape index (κ2) is 9.04. The van der Waals surface area contributed by atoms with Gasteiger partial charge in [0.15, 0.2) is 17.6 Å². The van der Waals surface area contributed by atoms with E-state index in [4.69, 9.17) is 9.47 Å². The van der Waals surface area contributed by atoms with Crippen molar-refractivity contribution < 1.29 is 19.4 Å². The topological polar surface area (TPSA) is 103 Å². The highest BCUT2D eigenvalue weighted by Crippen LogP contribution is 2.31. The number of tetrazole rings is 1.